The lowest BCUT2D eigenvalue weighted by molar-refractivity contribution is -0.131. The minimum Gasteiger partial charge on any atom is -0.462 e. The molecule has 4 rings (SSSR count). The molecule has 0 saturated carbocycles. The number of nitrogens with zero attached hydrogens (tertiary/aromatic N) is 4. The van der Waals surface area contributed by atoms with Crippen molar-refractivity contribution >= 4 is 17.2 Å². The lowest BCUT2D eigenvalue weighted by atomic mass is 10.1. The topological polar surface area (TPSA) is 64.2 Å². The standard InChI is InChI=1S/C17H18N4O2S/c1-20-10-12(9-18-20)14-4-2-6-21(14)16(22)8-13-11-24-17(19-13)15-5-3-7-23-15/h3,5,7,9-11,14H,2,4,6,8H2,1H3/t14-/m0/s1. The smallest absolute Gasteiger partial charge is 0.229 e. The summed E-state index contributed by atoms with van der Waals surface area (Å²) in [5, 5.41) is 6.98. The summed E-state index contributed by atoms with van der Waals surface area (Å²) in [4.78, 5) is 19.2. The van der Waals surface area contributed by atoms with E-state index in [2.05, 4.69) is 10.1 Å². The first-order valence-corrected chi connectivity index (χ1v) is 8.85. The number of carbonyl (C=O) groups excluding carboxylic acids is 1. The predicted octanol–water partition coefficient (Wildman–Crippen LogP) is 3.04. The zero-order chi connectivity index (χ0) is 16.5. The Kier molecular flexibility index (Phi) is 3.93. The summed E-state index contributed by atoms with van der Waals surface area (Å²) in [6.45, 7) is 0.799. The van der Waals surface area contributed by atoms with Gasteiger partial charge in [0.25, 0.3) is 0 Å². The summed E-state index contributed by atoms with van der Waals surface area (Å²) in [5.41, 5.74) is 1.91. The van der Waals surface area contributed by atoms with Crippen molar-refractivity contribution in [2.75, 3.05) is 6.54 Å². The quantitative estimate of drug-likeness (QED) is 0.731. The average molecular weight is 342 g/mol. The number of furan rings is 1. The molecule has 0 aliphatic carbocycles. The Morgan fingerprint density at radius 2 is 2.42 bits per heavy atom. The summed E-state index contributed by atoms with van der Waals surface area (Å²) in [7, 11) is 1.90. The van der Waals surface area contributed by atoms with Crippen molar-refractivity contribution in [3.05, 3.63) is 47.4 Å². The Morgan fingerprint density at radius 3 is 3.17 bits per heavy atom. The van der Waals surface area contributed by atoms with E-state index in [9.17, 15) is 4.79 Å². The third kappa shape index (κ3) is 2.87. The molecule has 1 fully saturated rings. The summed E-state index contributed by atoms with van der Waals surface area (Å²) in [6, 6.07) is 3.85. The summed E-state index contributed by atoms with van der Waals surface area (Å²) in [5.74, 6) is 0.866. The van der Waals surface area contributed by atoms with Crippen molar-refractivity contribution in [3.8, 4) is 10.8 Å². The average Bonchev–Trinajstić information content (AvgIpc) is 3.34. The summed E-state index contributed by atoms with van der Waals surface area (Å²) >= 11 is 1.50. The van der Waals surface area contributed by atoms with E-state index in [1.807, 2.05) is 41.9 Å². The maximum absolute atomic E-state index is 12.7. The SMILES string of the molecule is Cn1cc([C@@H]2CCCN2C(=O)Cc2csc(-c3ccco3)n2)cn1. The van der Waals surface area contributed by atoms with E-state index < -0.39 is 0 Å². The van der Waals surface area contributed by atoms with E-state index in [4.69, 9.17) is 4.42 Å². The molecule has 1 aliphatic heterocycles. The first-order valence-electron chi connectivity index (χ1n) is 7.97. The van der Waals surface area contributed by atoms with Gasteiger partial charge in [-0.25, -0.2) is 4.98 Å². The molecule has 7 heteroatoms. The minimum absolute atomic E-state index is 0.123. The normalized spacial score (nSPS) is 17.5. The van der Waals surface area contributed by atoms with Crippen LogP contribution in [0.4, 0.5) is 0 Å². The van der Waals surface area contributed by atoms with Gasteiger partial charge in [-0.1, -0.05) is 0 Å². The van der Waals surface area contributed by atoms with E-state index in [-0.39, 0.29) is 11.9 Å². The van der Waals surface area contributed by atoms with Crippen LogP contribution >= 0.6 is 11.3 Å². The molecule has 3 aromatic heterocycles. The highest BCUT2D eigenvalue weighted by molar-refractivity contribution is 7.13. The van der Waals surface area contributed by atoms with Gasteiger partial charge in [0.15, 0.2) is 10.8 Å². The molecule has 6 nitrogen and oxygen atoms in total. The van der Waals surface area contributed by atoms with Crippen LogP contribution in [0.1, 0.15) is 30.1 Å². The van der Waals surface area contributed by atoms with Gasteiger partial charge in [-0.2, -0.15) is 5.10 Å². The number of hydrogen-bond donors (Lipinski definition) is 0. The molecular formula is C17H18N4O2S. The van der Waals surface area contributed by atoms with E-state index in [0.717, 1.165) is 41.4 Å². The van der Waals surface area contributed by atoms with Gasteiger partial charge in [0.2, 0.25) is 5.91 Å². The van der Waals surface area contributed by atoms with Crippen molar-refractivity contribution in [1.82, 2.24) is 19.7 Å². The van der Waals surface area contributed by atoms with Crippen molar-refractivity contribution in [3.63, 3.8) is 0 Å². The van der Waals surface area contributed by atoms with Gasteiger partial charge in [0.05, 0.1) is 30.6 Å². The number of hydrogen-bond acceptors (Lipinski definition) is 5. The first kappa shape index (κ1) is 15.1. The summed E-state index contributed by atoms with van der Waals surface area (Å²) < 4.78 is 7.14. The summed E-state index contributed by atoms with van der Waals surface area (Å²) in [6.07, 6.45) is 7.83. The molecule has 124 valence electrons. The second-order valence-corrected chi connectivity index (χ2v) is 6.85. The van der Waals surface area contributed by atoms with Gasteiger partial charge in [0.1, 0.15) is 0 Å². The molecule has 1 aliphatic rings. The molecule has 1 amide bonds. The van der Waals surface area contributed by atoms with Crippen LogP contribution in [0.5, 0.6) is 0 Å². The number of amides is 1. The Bertz CT molecular complexity index is 837. The Balaban J connectivity index is 1.47. The second-order valence-electron chi connectivity index (χ2n) is 5.99. The Morgan fingerprint density at radius 1 is 1.50 bits per heavy atom. The molecule has 0 radical (unpaired) electrons. The van der Waals surface area contributed by atoms with Crippen LogP contribution in [0.3, 0.4) is 0 Å². The molecule has 0 spiro atoms. The third-order valence-corrected chi connectivity index (χ3v) is 5.20. The number of rotatable bonds is 4. The molecular weight excluding hydrogens is 324 g/mol. The highest BCUT2D eigenvalue weighted by atomic mass is 32.1. The molecule has 1 saturated heterocycles. The number of aromatic nitrogens is 3. The van der Waals surface area contributed by atoms with Gasteiger partial charge in [0, 0.05) is 30.7 Å². The first-order chi connectivity index (χ1) is 11.7. The number of likely N-dealkylation sites (tertiary alicyclic amines) is 1. The lowest BCUT2D eigenvalue weighted by Crippen LogP contribution is -2.31. The van der Waals surface area contributed by atoms with Crippen molar-refractivity contribution in [1.29, 1.82) is 0 Å². The van der Waals surface area contributed by atoms with E-state index in [1.54, 1.807) is 10.9 Å². The predicted molar refractivity (Wildman–Crippen MR) is 90.4 cm³/mol. The molecule has 4 heterocycles. The fraction of sp³-hybridized carbons (Fsp3) is 0.353. The minimum atomic E-state index is 0.123. The molecule has 1 atom stereocenters. The van der Waals surface area contributed by atoms with Crippen LogP contribution in [-0.4, -0.2) is 32.1 Å². The van der Waals surface area contributed by atoms with Crippen molar-refractivity contribution in [2.24, 2.45) is 7.05 Å². The fourth-order valence-corrected chi connectivity index (χ4v) is 3.97. The molecule has 3 aromatic rings. The van der Waals surface area contributed by atoms with E-state index in [0.29, 0.717) is 6.42 Å². The Labute approximate surface area is 143 Å². The van der Waals surface area contributed by atoms with Gasteiger partial charge in [-0.3, -0.25) is 9.48 Å². The van der Waals surface area contributed by atoms with E-state index >= 15 is 0 Å². The van der Waals surface area contributed by atoms with Crippen LogP contribution in [0, 0.1) is 0 Å². The number of aryl methyl sites for hydroxylation is 1. The number of carbonyl (C=O) groups is 1. The van der Waals surface area contributed by atoms with Gasteiger partial charge in [-0.15, -0.1) is 11.3 Å². The Hall–Kier alpha value is -2.41. The molecule has 0 N–H and O–H groups in total. The molecule has 0 bridgehead atoms. The van der Waals surface area contributed by atoms with Gasteiger partial charge in [-0.05, 0) is 25.0 Å². The molecule has 24 heavy (non-hydrogen) atoms. The van der Waals surface area contributed by atoms with Crippen LogP contribution in [0.25, 0.3) is 10.8 Å². The third-order valence-electron chi connectivity index (χ3n) is 4.30. The largest absolute Gasteiger partial charge is 0.462 e. The maximum Gasteiger partial charge on any atom is 0.229 e. The molecule has 0 aromatic carbocycles. The van der Waals surface area contributed by atoms with Crippen molar-refractivity contribution in [2.45, 2.75) is 25.3 Å². The van der Waals surface area contributed by atoms with Crippen LogP contribution in [0.2, 0.25) is 0 Å². The van der Waals surface area contributed by atoms with Crippen LogP contribution in [0.15, 0.2) is 40.6 Å². The highest BCUT2D eigenvalue weighted by Gasteiger charge is 2.31. The van der Waals surface area contributed by atoms with Gasteiger partial charge < -0.3 is 9.32 Å². The molecule has 0 unspecified atom stereocenters. The lowest BCUT2D eigenvalue weighted by Gasteiger charge is -2.23. The zero-order valence-electron chi connectivity index (χ0n) is 13.4. The van der Waals surface area contributed by atoms with Gasteiger partial charge >= 0.3 is 0 Å². The fourth-order valence-electron chi connectivity index (χ4n) is 3.18. The van der Waals surface area contributed by atoms with Crippen LogP contribution < -0.4 is 0 Å². The number of thiazole rings is 1. The van der Waals surface area contributed by atoms with Crippen molar-refractivity contribution < 1.29 is 9.21 Å². The zero-order valence-corrected chi connectivity index (χ0v) is 14.2. The maximum atomic E-state index is 12.7. The second kappa shape index (κ2) is 6.24. The highest BCUT2D eigenvalue weighted by Crippen LogP contribution is 2.32. The van der Waals surface area contributed by atoms with E-state index in [1.165, 1.54) is 11.3 Å². The monoisotopic (exact) mass is 342 g/mol. The van der Waals surface area contributed by atoms with Crippen LogP contribution in [-0.2, 0) is 18.3 Å².